The van der Waals surface area contributed by atoms with Crippen molar-refractivity contribution in [3.05, 3.63) is 44.8 Å². The van der Waals surface area contributed by atoms with Gasteiger partial charge in [0.15, 0.2) is 0 Å². The summed E-state index contributed by atoms with van der Waals surface area (Å²) >= 11 is 3.48. The second-order valence-electron chi connectivity index (χ2n) is 8.03. The molecule has 2 bridgehead atoms. The minimum atomic E-state index is -0.444. The Hall–Kier alpha value is -0.420. The Kier molecular flexibility index (Phi) is 5.65. The maximum atomic E-state index is 10.3. The Morgan fingerprint density at radius 2 is 1.60 bits per heavy atom. The van der Waals surface area contributed by atoms with E-state index in [1.54, 1.807) is 22.7 Å². The van der Waals surface area contributed by atoms with Gasteiger partial charge in [-0.15, -0.1) is 22.7 Å². The zero-order valence-corrected chi connectivity index (χ0v) is 18.6. The van der Waals surface area contributed by atoms with Crippen molar-refractivity contribution in [1.82, 2.24) is 0 Å². The van der Waals surface area contributed by atoms with E-state index in [2.05, 4.69) is 55.2 Å². The molecule has 4 heterocycles. The minimum absolute atomic E-state index is 0. The molecule has 0 amide bonds. The molecule has 0 radical (unpaired) electrons. The van der Waals surface area contributed by atoms with Crippen LogP contribution in [0.4, 0.5) is 0 Å². The van der Waals surface area contributed by atoms with E-state index in [0.717, 1.165) is 18.5 Å². The maximum Gasteiger partial charge on any atom is 0.126 e. The molecule has 2 atom stereocenters. The second kappa shape index (κ2) is 7.30. The van der Waals surface area contributed by atoms with Gasteiger partial charge in [-0.05, 0) is 35.2 Å². The number of hydrogen-bond donors (Lipinski definition) is 0. The van der Waals surface area contributed by atoms with E-state index >= 15 is 0 Å². The number of nitrogens with zero attached hydrogens (tertiary/aromatic N) is 2. The standard InChI is InChI=1S/C20H25N2S2.HI/c1-22(2)16-7-8-17(22)12-15(11-16)13-20(14-21,18-5-3-9-23-18)19-6-4-10-24-19;/h3-6,9-10,15-17H,7-8,11-13H2,1-2H3;1H/q+1;/p-1. The van der Waals surface area contributed by atoms with Crippen LogP contribution in [0.5, 0.6) is 0 Å². The maximum absolute atomic E-state index is 10.3. The molecule has 2 aromatic heterocycles. The van der Waals surface area contributed by atoms with E-state index in [4.69, 9.17) is 0 Å². The van der Waals surface area contributed by atoms with Crippen LogP contribution in [0.25, 0.3) is 0 Å². The van der Waals surface area contributed by atoms with E-state index in [9.17, 15) is 5.26 Å². The summed E-state index contributed by atoms with van der Waals surface area (Å²) < 4.78 is 1.20. The molecule has 134 valence electrons. The zero-order valence-electron chi connectivity index (χ0n) is 14.8. The molecule has 25 heavy (non-hydrogen) atoms. The Morgan fingerprint density at radius 1 is 1.08 bits per heavy atom. The van der Waals surface area contributed by atoms with Crippen molar-refractivity contribution >= 4 is 22.7 Å². The number of rotatable bonds is 4. The molecule has 0 spiro atoms. The normalized spacial score (nSPS) is 27.5. The summed E-state index contributed by atoms with van der Waals surface area (Å²) in [6.07, 6.45) is 6.28. The molecule has 0 N–H and O–H groups in total. The quantitative estimate of drug-likeness (QED) is 0.482. The van der Waals surface area contributed by atoms with Gasteiger partial charge < -0.3 is 28.5 Å². The summed E-state index contributed by atoms with van der Waals surface area (Å²) in [5.41, 5.74) is -0.444. The first-order chi connectivity index (χ1) is 11.6. The van der Waals surface area contributed by atoms with Gasteiger partial charge in [0, 0.05) is 35.4 Å². The Balaban J connectivity index is 0.00000182. The Labute approximate surface area is 176 Å². The summed E-state index contributed by atoms with van der Waals surface area (Å²) in [6, 6.07) is 12.8. The highest BCUT2D eigenvalue weighted by Gasteiger charge is 2.51. The van der Waals surface area contributed by atoms with E-state index in [-0.39, 0.29) is 24.0 Å². The molecule has 5 heteroatoms. The summed E-state index contributed by atoms with van der Waals surface area (Å²) in [5.74, 6) is 0.664. The van der Waals surface area contributed by atoms with E-state index < -0.39 is 5.41 Å². The third kappa shape index (κ3) is 3.20. The van der Waals surface area contributed by atoms with Crippen LogP contribution in [0.15, 0.2) is 35.0 Å². The molecule has 0 saturated carbocycles. The van der Waals surface area contributed by atoms with Crippen molar-refractivity contribution < 1.29 is 28.5 Å². The molecule has 2 nitrogen and oxygen atoms in total. The predicted octanol–water partition coefficient (Wildman–Crippen LogP) is 2.03. The first-order valence-electron chi connectivity index (χ1n) is 8.89. The van der Waals surface area contributed by atoms with E-state index in [0.29, 0.717) is 5.92 Å². The molecular weight excluding hydrogens is 459 g/mol. The SMILES string of the molecule is C[N+]1(C)C2CCC1CC(CC(C#N)(c1cccs1)c1cccs1)C2.[I-]. The van der Waals surface area contributed by atoms with Gasteiger partial charge in [0.05, 0.1) is 32.2 Å². The van der Waals surface area contributed by atoms with Crippen molar-refractivity contribution in [2.45, 2.75) is 49.6 Å². The second-order valence-corrected chi connectivity index (χ2v) is 9.92. The molecule has 2 aliphatic rings. The van der Waals surface area contributed by atoms with Gasteiger partial charge in [-0.2, -0.15) is 5.26 Å². The minimum Gasteiger partial charge on any atom is -1.00 e. The molecule has 2 saturated heterocycles. The van der Waals surface area contributed by atoms with Crippen LogP contribution in [0.3, 0.4) is 0 Å². The zero-order chi connectivity index (χ0) is 16.8. The lowest BCUT2D eigenvalue weighted by atomic mass is 9.73. The van der Waals surface area contributed by atoms with Gasteiger partial charge in [0.1, 0.15) is 5.41 Å². The summed E-state index contributed by atoms with van der Waals surface area (Å²) in [6.45, 7) is 0. The highest BCUT2D eigenvalue weighted by molar-refractivity contribution is 7.11. The largest absolute Gasteiger partial charge is 1.00 e. The van der Waals surface area contributed by atoms with Gasteiger partial charge in [0.2, 0.25) is 0 Å². The van der Waals surface area contributed by atoms with Gasteiger partial charge in [-0.25, -0.2) is 0 Å². The van der Waals surface area contributed by atoms with Crippen molar-refractivity contribution in [3.63, 3.8) is 0 Å². The number of piperidine rings is 1. The first-order valence-corrected chi connectivity index (χ1v) is 10.6. The third-order valence-electron chi connectivity index (χ3n) is 6.60. The molecule has 2 unspecified atom stereocenters. The highest BCUT2D eigenvalue weighted by atomic mass is 127. The predicted molar refractivity (Wildman–Crippen MR) is 101 cm³/mol. The van der Waals surface area contributed by atoms with Gasteiger partial charge >= 0.3 is 0 Å². The lowest BCUT2D eigenvalue weighted by molar-refractivity contribution is -0.931. The Bertz CT molecular complexity index is 680. The molecule has 0 aliphatic carbocycles. The van der Waals surface area contributed by atoms with Crippen LogP contribution in [-0.2, 0) is 5.41 Å². The third-order valence-corrected chi connectivity index (χ3v) is 8.66. The van der Waals surface area contributed by atoms with Gasteiger partial charge in [-0.3, -0.25) is 0 Å². The van der Waals surface area contributed by atoms with Crippen molar-refractivity contribution in [2.24, 2.45) is 5.92 Å². The summed E-state index contributed by atoms with van der Waals surface area (Å²) in [7, 11) is 4.82. The van der Waals surface area contributed by atoms with Crippen LogP contribution in [-0.4, -0.2) is 30.7 Å². The summed E-state index contributed by atoms with van der Waals surface area (Å²) in [4.78, 5) is 2.44. The fourth-order valence-electron chi connectivity index (χ4n) is 5.11. The van der Waals surface area contributed by atoms with E-state index in [1.165, 1.54) is 39.9 Å². The van der Waals surface area contributed by atoms with Crippen LogP contribution in [0.1, 0.15) is 41.9 Å². The van der Waals surface area contributed by atoms with Crippen molar-refractivity contribution in [2.75, 3.05) is 14.1 Å². The van der Waals surface area contributed by atoms with Crippen molar-refractivity contribution in [3.8, 4) is 6.07 Å². The fraction of sp³-hybridized carbons (Fsp3) is 0.550. The molecule has 4 rings (SSSR count). The molecule has 2 aromatic rings. The Morgan fingerprint density at radius 3 is 2.00 bits per heavy atom. The van der Waals surface area contributed by atoms with Crippen LogP contribution < -0.4 is 24.0 Å². The molecule has 0 aromatic carbocycles. The number of thiophene rings is 2. The molecular formula is C20H25IN2S2. The monoisotopic (exact) mass is 484 g/mol. The van der Waals surface area contributed by atoms with Crippen LogP contribution in [0, 0.1) is 17.2 Å². The fourth-order valence-corrected chi connectivity index (χ4v) is 6.98. The van der Waals surface area contributed by atoms with Gasteiger partial charge in [-0.1, -0.05) is 12.1 Å². The average molecular weight is 484 g/mol. The number of quaternary nitrogens is 1. The first kappa shape index (κ1) is 19.3. The topological polar surface area (TPSA) is 23.8 Å². The number of hydrogen-bond acceptors (Lipinski definition) is 3. The van der Waals surface area contributed by atoms with Crippen molar-refractivity contribution in [1.29, 1.82) is 5.26 Å². The number of fused-ring (bicyclic) bond motifs is 2. The average Bonchev–Trinajstić information content (AvgIpc) is 3.28. The lowest BCUT2D eigenvalue weighted by Gasteiger charge is -2.45. The molecule has 2 aliphatic heterocycles. The number of nitriles is 1. The summed E-state index contributed by atoms with van der Waals surface area (Å²) in [5, 5.41) is 14.5. The highest BCUT2D eigenvalue weighted by Crippen LogP contribution is 2.49. The number of halogens is 1. The lowest BCUT2D eigenvalue weighted by Crippen LogP contribution is -3.00. The molecule has 2 fully saturated rings. The smallest absolute Gasteiger partial charge is 0.126 e. The van der Waals surface area contributed by atoms with E-state index in [1.807, 2.05) is 0 Å². The van der Waals surface area contributed by atoms with Crippen LogP contribution in [0.2, 0.25) is 0 Å². The van der Waals surface area contributed by atoms with Crippen LogP contribution >= 0.6 is 22.7 Å². The van der Waals surface area contributed by atoms with Gasteiger partial charge in [0.25, 0.3) is 0 Å².